The number of aliphatic hydroxyl groups is 1. The molecule has 3 nitrogen and oxygen atoms in total. The molecule has 0 heterocycles. The summed E-state index contributed by atoms with van der Waals surface area (Å²) in [5.74, 6) is 0.661. The van der Waals surface area contributed by atoms with Gasteiger partial charge in [-0.15, -0.1) is 0 Å². The molecule has 2 N–H and O–H groups in total. The van der Waals surface area contributed by atoms with Crippen molar-refractivity contribution in [1.29, 1.82) is 0 Å². The molecule has 0 saturated carbocycles. The lowest BCUT2D eigenvalue weighted by atomic mass is 10.1. The van der Waals surface area contributed by atoms with Crippen LogP contribution in [0, 0.1) is 0 Å². The summed E-state index contributed by atoms with van der Waals surface area (Å²) < 4.78 is 5.33. The van der Waals surface area contributed by atoms with Crippen molar-refractivity contribution in [3.05, 3.63) is 28.8 Å². The van der Waals surface area contributed by atoms with Gasteiger partial charge < -0.3 is 15.2 Å². The minimum atomic E-state index is -0.486. The van der Waals surface area contributed by atoms with E-state index in [1.165, 1.54) is 0 Å². The van der Waals surface area contributed by atoms with Crippen molar-refractivity contribution < 1.29 is 9.84 Å². The second kappa shape index (κ2) is 6.74. The summed E-state index contributed by atoms with van der Waals surface area (Å²) in [5.41, 5.74) is 0.823. The summed E-state index contributed by atoms with van der Waals surface area (Å²) in [6, 6.07) is 5.40. The molecule has 1 aromatic rings. The topological polar surface area (TPSA) is 41.5 Å². The molecule has 4 heteroatoms. The normalized spacial score (nSPS) is 12.5. The smallest absolute Gasteiger partial charge is 0.137 e. The van der Waals surface area contributed by atoms with E-state index in [1.807, 2.05) is 20.0 Å². The number of aliphatic hydroxyl groups excluding tert-OH is 1. The zero-order chi connectivity index (χ0) is 12.0. The molecule has 0 bridgehead atoms. The molecular formula is C12H18ClNO2. The van der Waals surface area contributed by atoms with E-state index in [9.17, 15) is 5.11 Å². The maximum atomic E-state index is 9.86. The van der Waals surface area contributed by atoms with Gasteiger partial charge in [0, 0.05) is 0 Å². The molecule has 1 atom stereocenters. The molecule has 0 aliphatic heterocycles. The van der Waals surface area contributed by atoms with Gasteiger partial charge in [0.1, 0.15) is 5.75 Å². The third kappa shape index (κ3) is 3.67. The number of ether oxygens (including phenoxy) is 1. The maximum Gasteiger partial charge on any atom is 0.137 e. The van der Waals surface area contributed by atoms with Gasteiger partial charge in [0.15, 0.2) is 0 Å². The SMILES string of the molecule is CCOc1ccc(C(O)CCNC)cc1Cl. The molecule has 90 valence electrons. The van der Waals surface area contributed by atoms with Gasteiger partial charge in [-0.25, -0.2) is 0 Å². The molecule has 0 spiro atoms. The van der Waals surface area contributed by atoms with E-state index in [2.05, 4.69) is 5.32 Å². The molecule has 0 saturated heterocycles. The molecule has 0 aromatic heterocycles. The Bertz CT molecular complexity index is 331. The van der Waals surface area contributed by atoms with Crippen LogP contribution in [0.5, 0.6) is 5.75 Å². The van der Waals surface area contributed by atoms with Gasteiger partial charge in [0.2, 0.25) is 0 Å². The van der Waals surface area contributed by atoms with Crippen LogP contribution < -0.4 is 10.1 Å². The highest BCUT2D eigenvalue weighted by Crippen LogP contribution is 2.28. The fourth-order valence-corrected chi connectivity index (χ4v) is 1.69. The lowest BCUT2D eigenvalue weighted by Gasteiger charge is -2.12. The van der Waals surface area contributed by atoms with Gasteiger partial charge in [0.25, 0.3) is 0 Å². The summed E-state index contributed by atoms with van der Waals surface area (Å²) >= 11 is 6.03. The summed E-state index contributed by atoms with van der Waals surface area (Å²) in [7, 11) is 1.86. The number of hydrogen-bond donors (Lipinski definition) is 2. The van der Waals surface area contributed by atoms with Gasteiger partial charge in [-0.3, -0.25) is 0 Å². The minimum absolute atomic E-state index is 0.486. The molecule has 0 aliphatic rings. The number of halogens is 1. The van der Waals surface area contributed by atoms with Crippen molar-refractivity contribution in [3.8, 4) is 5.75 Å². The molecule has 0 aliphatic carbocycles. The van der Waals surface area contributed by atoms with Crippen molar-refractivity contribution >= 4 is 11.6 Å². The van der Waals surface area contributed by atoms with E-state index in [0.29, 0.717) is 23.8 Å². The maximum absolute atomic E-state index is 9.86. The Hall–Kier alpha value is -0.770. The Labute approximate surface area is 101 Å². The van der Waals surface area contributed by atoms with Crippen LogP contribution in [-0.2, 0) is 0 Å². The number of nitrogens with one attached hydrogen (secondary N) is 1. The standard InChI is InChI=1S/C12H18ClNO2/c1-3-16-12-5-4-9(8-10(12)13)11(15)6-7-14-2/h4-5,8,11,14-15H,3,6-7H2,1-2H3. The van der Waals surface area contributed by atoms with Crippen LogP contribution >= 0.6 is 11.6 Å². The lowest BCUT2D eigenvalue weighted by Crippen LogP contribution is -2.12. The Balaban J connectivity index is 2.71. The average molecular weight is 244 g/mol. The fraction of sp³-hybridized carbons (Fsp3) is 0.500. The van der Waals surface area contributed by atoms with E-state index < -0.39 is 6.10 Å². The highest BCUT2D eigenvalue weighted by molar-refractivity contribution is 6.32. The average Bonchev–Trinajstić information content (AvgIpc) is 2.29. The van der Waals surface area contributed by atoms with Gasteiger partial charge in [0.05, 0.1) is 17.7 Å². The number of rotatable bonds is 6. The van der Waals surface area contributed by atoms with E-state index >= 15 is 0 Å². The third-order valence-corrected chi connectivity index (χ3v) is 2.60. The van der Waals surface area contributed by atoms with Crippen molar-refractivity contribution in [2.24, 2.45) is 0 Å². The highest BCUT2D eigenvalue weighted by atomic mass is 35.5. The second-order valence-corrected chi connectivity index (χ2v) is 3.94. The van der Waals surface area contributed by atoms with Crippen molar-refractivity contribution in [3.63, 3.8) is 0 Å². The van der Waals surface area contributed by atoms with Crippen molar-refractivity contribution in [2.45, 2.75) is 19.4 Å². The van der Waals surface area contributed by atoms with Crippen LogP contribution in [0.3, 0.4) is 0 Å². The summed E-state index contributed by atoms with van der Waals surface area (Å²) in [6.45, 7) is 3.26. The molecule has 0 radical (unpaired) electrons. The van der Waals surface area contributed by atoms with Crippen LogP contribution in [0.1, 0.15) is 25.0 Å². The molecule has 1 unspecified atom stereocenters. The first kappa shape index (κ1) is 13.3. The fourth-order valence-electron chi connectivity index (χ4n) is 1.44. The first-order chi connectivity index (χ1) is 7.69. The molecule has 0 amide bonds. The predicted octanol–water partition coefficient (Wildman–Crippen LogP) is 2.38. The first-order valence-corrected chi connectivity index (χ1v) is 5.81. The quantitative estimate of drug-likeness (QED) is 0.806. The van der Waals surface area contributed by atoms with E-state index in [1.54, 1.807) is 12.1 Å². The van der Waals surface area contributed by atoms with Gasteiger partial charge in [-0.1, -0.05) is 17.7 Å². The van der Waals surface area contributed by atoms with Crippen molar-refractivity contribution in [2.75, 3.05) is 20.2 Å². The van der Waals surface area contributed by atoms with Gasteiger partial charge >= 0.3 is 0 Å². The Morgan fingerprint density at radius 3 is 2.81 bits per heavy atom. The first-order valence-electron chi connectivity index (χ1n) is 5.44. The zero-order valence-corrected chi connectivity index (χ0v) is 10.4. The van der Waals surface area contributed by atoms with Gasteiger partial charge in [-0.05, 0) is 44.6 Å². The van der Waals surface area contributed by atoms with Crippen LogP contribution in [0.15, 0.2) is 18.2 Å². The van der Waals surface area contributed by atoms with Crippen LogP contribution in [0.2, 0.25) is 5.02 Å². The largest absolute Gasteiger partial charge is 0.492 e. The van der Waals surface area contributed by atoms with Crippen LogP contribution in [-0.4, -0.2) is 25.3 Å². The van der Waals surface area contributed by atoms with Crippen LogP contribution in [0.4, 0.5) is 0 Å². The molecule has 16 heavy (non-hydrogen) atoms. The van der Waals surface area contributed by atoms with E-state index in [-0.39, 0.29) is 0 Å². The minimum Gasteiger partial charge on any atom is -0.492 e. The summed E-state index contributed by atoms with van der Waals surface area (Å²) in [4.78, 5) is 0. The Morgan fingerprint density at radius 1 is 1.50 bits per heavy atom. The number of hydrogen-bond acceptors (Lipinski definition) is 3. The Morgan fingerprint density at radius 2 is 2.25 bits per heavy atom. The zero-order valence-electron chi connectivity index (χ0n) is 9.66. The molecular weight excluding hydrogens is 226 g/mol. The van der Waals surface area contributed by atoms with Gasteiger partial charge in [-0.2, -0.15) is 0 Å². The molecule has 0 fully saturated rings. The third-order valence-electron chi connectivity index (χ3n) is 2.31. The predicted molar refractivity (Wildman–Crippen MR) is 66.1 cm³/mol. The van der Waals surface area contributed by atoms with E-state index in [4.69, 9.17) is 16.3 Å². The second-order valence-electron chi connectivity index (χ2n) is 3.53. The molecule has 1 aromatic carbocycles. The lowest BCUT2D eigenvalue weighted by molar-refractivity contribution is 0.167. The Kier molecular flexibility index (Phi) is 5.60. The van der Waals surface area contributed by atoms with E-state index in [0.717, 1.165) is 12.1 Å². The van der Waals surface area contributed by atoms with Crippen molar-refractivity contribution in [1.82, 2.24) is 5.32 Å². The van der Waals surface area contributed by atoms with Crippen LogP contribution in [0.25, 0.3) is 0 Å². The number of benzene rings is 1. The molecule has 1 rings (SSSR count). The highest BCUT2D eigenvalue weighted by Gasteiger charge is 2.09. The summed E-state index contributed by atoms with van der Waals surface area (Å²) in [6.07, 6.45) is 0.182. The summed E-state index contributed by atoms with van der Waals surface area (Å²) in [5, 5.41) is 13.4. The monoisotopic (exact) mass is 243 g/mol.